The minimum absolute atomic E-state index is 0.0213. The summed E-state index contributed by atoms with van der Waals surface area (Å²) < 4.78 is 23.3. The standard InChI is InChI=1S/C17H24FN3O4/c1-24-15(11-19)10-16(22)20-6-8-21(9-7-20)17(23)12-25-14-4-2-13(18)3-5-14/h2-5,15H,6-12,19H2,1H3. The van der Waals surface area contributed by atoms with E-state index in [9.17, 15) is 14.0 Å². The summed E-state index contributed by atoms with van der Waals surface area (Å²) in [5.74, 6) is -0.0964. The van der Waals surface area contributed by atoms with Gasteiger partial charge in [-0.25, -0.2) is 4.39 Å². The number of nitrogens with zero attached hydrogens (tertiary/aromatic N) is 2. The van der Waals surface area contributed by atoms with Gasteiger partial charge in [-0.15, -0.1) is 0 Å². The van der Waals surface area contributed by atoms with E-state index >= 15 is 0 Å². The molecule has 7 nitrogen and oxygen atoms in total. The van der Waals surface area contributed by atoms with Crippen molar-refractivity contribution < 1.29 is 23.5 Å². The highest BCUT2D eigenvalue weighted by atomic mass is 19.1. The highest BCUT2D eigenvalue weighted by molar-refractivity contribution is 5.79. The average Bonchev–Trinajstić information content (AvgIpc) is 2.65. The third-order valence-corrected chi connectivity index (χ3v) is 4.16. The Hall–Kier alpha value is -2.19. The summed E-state index contributed by atoms with van der Waals surface area (Å²) in [6, 6.07) is 5.50. The zero-order chi connectivity index (χ0) is 18.2. The first-order valence-electron chi connectivity index (χ1n) is 8.20. The highest BCUT2D eigenvalue weighted by Gasteiger charge is 2.25. The van der Waals surface area contributed by atoms with E-state index in [2.05, 4.69) is 0 Å². The first-order chi connectivity index (χ1) is 12.0. The predicted octanol–water partition coefficient (Wildman–Crippen LogP) is 0.239. The van der Waals surface area contributed by atoms with Crippen molar-refractivity contribution in [1.82, 2.24) is 9.80 Å². The van der Waals surface area contributed by atoms with Gasteiger partial charge in [0.1, 0.15) is 11.6 Å². The fraction of sp³-hybridized carbons (Fsp3) is 0.529. The zero-order valence-corrected chi connectivity index (χ0v) is 14.3. The summed E-state index contributed by atoms with van der Waals surface area (Å²) in [7, 11) is 1.53. The Morgan fingerprint density at radius 3 is 2.20 bits per heavy atom. The molecule has 1 aliphatic rings. The maximum Gasteiger partial charge on any atom is 0.260 e. The Morgan fingerprint density at radius 2 is 1.68 bits per heavy atom. The third-order valence-electron chi connectivity index (χ3n) is 4.16. The summed E-state index contributed by atoms with van der Waals surface area (Å²) in [4.78, 5) is 27.7. The van der Waals surface area contributed by atoms with Crippen molar-refractivity contribution in [3.63, 3.8) is 0 Å². The van der Waals surface area contributed by atoms with Crippen molar-refractivity contribution in [2.75, 3.05) is 46.4 Å². The molecule has 2 N–H and O–H groups in total. The zero-order valence-electron chi connectivity index (χ0n) is 14.3. The fourth-order valence-electron chi connectivity index (χ4n) is 2.56. The van der Waals surface area contributed by atoms with Gasteiger partial charge in [0.25, 0.3) is 5.91 Å². The number of halogens is 1. The molecule has 1 saturated heterocycles. The largest absolute Gasteiger partial charge is 0.484 e. The Morgan fingerprint density at radius 1 is 1.12 bits per heavy atom. The molecule has 1 aromatic carbocycles. The predicted molar refractivity (Wildman–Crippen MR) is 89.5 cm³/mol. The fourth-order valence-corrected chi connectivity index (χ4v) is 2.56. The number of piperazine rings is 1. The Bertz CT molecular complexity index is 570. The van der Waals surface area contributed by atoms with E-state index in [1.54, 1.807) is 9.80 Å². The van der Waals surface area contributed by atoms with Crippen LogP contribution in [0.25, 0.3) is 0 Å². The van der Waals surface area contributed by atoms with Crippen LogP contribution in [0.1, 0.15) is 6.42 Å². The van der Waals surface area contributed by atoms with Gasteiger partial charge in [-0.1, -0.05) is 0 Å². The van der Waals surface area contributed by atoms with Crippen LogP contribution in [0.5, 0.6) is 5.75 Å². The van der Waals surface area contributed by atoms with E-state index in [-0.39, 0.29) is 36.8 Å². The van der Waals surface area contributed by atoms with Gasteiger partial charge in [0.05, 0.1) is 12.5 Å². The topological polar surface area (TPSA) is 85.1 Å². The first-order valence-corrected chi connectivity index (χ1v) is 8.20. The van der Waals surface area contributed by atoms with Crippen molar-refractivity contribution in [2.45, 2.75) is 12.5 Å². The summed E-state index contributed by atoms with van der Waals surface area (Å²) in [6.07, 6.45) is -0.0366. The van der Waals surface area contributed by atoms with Gasteiger partial charge in [0, 0.05) is 39.8 Å². The molecule has 1 aromatic rings. The lowest BCUT2D eigenvalue weighted by Crippen LogP contribution is -2.52. The van der Waals surface area contributed by atoms with Gasteiger partial charge in [-0.3, -0.25) is 9.59 Å². The molecule has 138 valence electrons. The molecule has 25 heavy (non-hydrogen) atoms. The molecule has 0 aliphatic carbocycles. The molecule has 0 spiro atoms. The highest BCUT2D eigenvalue weighted by Crippen LogP contribution is 2.12. The Kier molecular flexibility index (Phi) is 7.15. The van der Waals surface area contributed by atoms with Crippen molar-refractivity contribution in [3.8, 4) is 5.75 Å². The van der Waals surface area contributed by atoms with E-state index in [0.29, 0.717) is 38.5 Å². The molecular formula is C17H24FN3O4. The maximum atomic E-state index is 12.8. The van der Waals surface area contributed by atoms with Crippen LogP contribution in [0, 0.1) is 5.82 Å². The van der Waals surface area contributed by atoms with Gasteiger partial charge in [0.2, 0.25) is 5.91 Å². The second-order valence-electron chi connectivity index (χ2n) is 5.80. The Balaban J connectivity index is 1.74. The number of carbonyl (C=O) groups excluding carboxylic acids is 2. The second-order valence-corrected chi connectivity index (χ2v) is 5.80. The summed E-state index contributed by atoms with van der Waals surface area (Å²) in [5, 5.41) is 0. The van der Waals surface area contributed by atoms with Crippen LogP contribution in [0.3, 0.4) is 0 Å². The number of methoxy groups -OCH3 is 1. The normalized spacial score (nSPS) is 15.8. The molecule has 1 atom stereocenters. The van der Waals surface area contributed by atoms with Gasteiger partial charge >= 0.3 is 0 Å². The molecule has 0 radical (unpaired) electrons. The summed E-state index contributed by atoms with van der Waals surface area (Å²) in [6.45, 7) is 2.04. The number of hydrogen-bond donors (Lipinski definition) is 1. The van der Waals surface area contributed by atoms with Crippen LogP contribution in [0.2, 0.25) is 0 Å². The minimum atomic E-state index is -0.357. The van der Waals surface area contributed by atoms with Crippen LogP contribution in [0.15, 0.2) is 24.3 Å². The van der Waals surface area contributed by atoms with Gasteiger partial charge in [-0.2, -0.15) is 0 Å². The number of ether oxygens (including phenoxy) is 2. The maximum absolute atomic E-state index is 12.8. The van der Waals surface area contributed by atoms with Crippen LogP contribution in [-0.2, 0) is 14.3 Å². The molecule has 0 bridgehead atoms. The van der Waals surface area contributed by atoms with Crippen LogP contribution in [0.4, 0.5) is 4.39 Å². The number of hydrogen-bond acceptors (Lipinski definition) is 5. The minimum Gasteiger partial charge on any atom is -0.484 e. The van der Waals surface area contributed by atoms with E-state index in [1.807, 2.05) is 0 Å². The number of rotatable bonds is 7. The van der Waals surface area contributed by atoms with Crippen molar-refractivity contribution >= 4 is 11.8 Å². The molecule has 1 aliphatic heterocycles. The molecule has 1 heterocycles. The Labute approximate surface area is 146 Å². The number of nitrogens with two attached hydrogens (primary N) is 1. The van der Waals surface area contributed by atoms with E-state index in [4.69, 9.17) is 15.2 Å². The third kappa shape index (κ3) is 5.68. The van der Waals surface area contributed by atoms with Crippen LogP contribution >= 0.6 is 0 Å². The SMILES string of the molecule is COC(CN)CC(=O)N1CCN(C(=O)COc2ccc(F)cc2)CC1. The lowest BCUT2D eigenvalue weighted by molar-refractivity contribution is -0.141. The molecule has 2 rings (SSSR count). The van der Waals surface area contributed by atoms with Crippen molar-refractivity contribution in [2.24, 2.45) is 5.73 Å². The first kappa shape index (κ1) is 19.1. The summed E-state index contributed by atoms with van der Waals surface area (Å²) in [5.41, 5.74) is 5.53. The quantitative estimate of drug-likeness (QED) is 0.759. The molecule has 2 amide bonds. The van der Waals surface area contributed by atoms with Crippen LogP contribution in [-0.4, -0.2) is 74.2 Å². The van der Waals surface area contributed by atoms with E-state index < -0.39 is 0 Å². The van der Waals surface area contributed by atoms with Gasteiger partial charge in [0.15, 0.2) is 6.61 Å². The van der Waals surface area contributed by atoms with E-state index in [0.717, 1.165) is 0 Å². The molecule has 1 unspecified atom stereocenters. The van der Waals surface area contributed by atoms with Crippen molar-refractivity contribution in [3.05, 3.63) is 30.1 Å². The number of amides is 2. The summed E-state index contributed by atoms with van der Waals surface area (Å²) >= 11 is 0. The van der Waals surface area contributed by atoms with Crippen molar-refractivity contribution in [1.29, 1.82) is 0 Å². The lowest BCUT2D eigenvalue weighted by atomic mass is 10.2. The van der Waals surface area contributed by atoms with E-state index in [1.165, 1.54) is 31.4 Å². The molecule has 1 fully saturated rings. The molecular weight excluding hydrogens is 329 g/mol. The van der Waals surface area contributed by atoms with Gasteiger partial charge < -0.3 is 25.0 Å². The second kappa shape index (κ2) is 9.33. The molecule has 8 heteroatoms. The molecule has 0 aromatic heterocycles. The number of benzene rings is 1. The average molecular weight is 353 g/mol. The monoisotopic (exact) mass is 353 g/mol. The van der Waals surface area contributed by atoms with Gasteiger partial charge in [-0.05, 0) is 24.3 Å². The lowest BCUT2D eigenvalue weighted by Gasteiger charge is -2.35. The molecule has 0 saturated carbocycles. The smallest absolute Gasteiger partial charge is 0.260 e. The number of carbonyl (C=O) groups is 2. The van der Waals surface area contributed by atoms with Crippen LogP contribution < -0.4 is 10.5 Å².